The Labute approximate surface area is 202 Å². The molecule has 0 radical (unpaired) electrons. The van der Waals surface area contributed by atoms with Gasteiger partial charge in [-0.1, -0.05) is 11.6 Å². The Kier molecular flexibility index (Phi) is 10.1. The summed E-state index contributed by atoms with van der Waals surface area (Å²) in [6, 6.07) is 0.905. The average Bonchev–Trinajstić information content (AvgIpc) is 3.13. The van der Waals surface area contributed by atoms with E-state index in [-0.39, 0.29) is 40.9 Å². The van der Waals surface area contributed by atoms with E-state index < -0.39 is 17.2 Å². The van der Waals surface area contributed by atoms with Gasteiger partial charge in [0.1, 0.15) is 5.82 Å². The highest BCUT2D eigenvalue weighted by molar-refractivity contribution is 14.0. The van der Waals surface area contributed by atoms with Gasteiger partial charge in [0.05, 0.1) is 22.5 Å². The van der Waals surface area contributed by atoms with Crippen molar-refractivity contribution < 1.29 is 18.0 Å². The average molecular weight is 577 g/mol. The number of carbonyl (C=O) groups is 1. The molecule has 1 aliphatic heterocycles. The number of hydrogen-bond acceptors (Lipinski definition) is 4. The Hall–Kier alpha value is -1.50. The van der Waals surface area contributed by atoms with Gasteiger partial charge in [-0.05, 0) is 33.3 Å². The standard InChI is InChI=1S/C19H28ClF3N6O.HI/c1-5-25-17(27-11-18(2,3)16(30)24-4)28-13-6-7-29(10-13)15-14(20)8-12(9-26-15)19(21,22)23;/h8-9,13H,5-7,10-11H2,1-4H3,(H,24,30)(H2,25,27,28);1H. The first-order chi connectivity index (χ1) is 14.0. The molecule has 1 amide bonds. The molecule has 2 rings (SSSR count). The fraction of sp³-hybridized carbons (Fsp3) is 0.632. The number of nitrogens with zero attached hydrogens (tertiary/aromatic N) is 3. The summed E-state index contributed by atoms with van der Waals surface area (Å²) in [6.45, 7) is 7.62. The van der Waals surface area contributed by atoms with Crippen molar-refractivity contribution in [1.29, 1.82) is 0 Å². The van der Waals surface area contributed by atoms with Crippen molar-refractivity contribution in [2.75, 3.05) is 38.1 Å². The Balaban J connectivity index is 0.00000480. The van der Waals surface area contributed by atoms with Crippen LogP contribution in [-0.2, 0) is 11.0 Å². The van der Waals surface area contributed by atoms with E-state index in [1.807, 2.05) is 25.7 Å². The van der Waals surface area contributed by atoms with Gasteiger partial charge in [0, 0.05) is 38.9 Å². The number of carbonyl (C=O) groups excluding carboxylic acids is 1. The first-order valence-electron chi connectivity index (χ1n) is 9.72. The number of nitrogens with one attached hydrogen (secondary N) is 3. The largest absolute Gasteiger partial charge is 0.417 e. The molecule has 0 bridgehead atoms. The van der Waals surface area contributed by atoms with E-state index in [2.05, 4.69) is 25.9 Å². The molecule has 0 aliphatic carbocycles. The fourth-order valence-electron chi connectivity index (χ4n) is 3.09. The van der Waals surface area contributed by atoms with Crippen molar-refractivity contribution in [2.24, 2.45) is 10.4 Å². The van der Waals surface area contributed by atoms with Crippen LogP contribution in [0.4, 0.5) is 19.0 Å². The number of amides is 1. The fourth-order valence-corrected chi connectivity index (χ4v) is 3.38. The molecular weight excluding hydrogens is 548 g/mol. The third kappa shape index (κ3) is 7.55. The maximum absolute atomic E-state index is 12.8. The number of anilines is 1. The van der Waals surface area contributed by atoms with Crippen LogP contribution in [0.1, 0.15) is 32.8 Å². The van der Waals surface area contributed by atoms with Crippen LogP contribution in [0.3, 0.4) is 0 Å². The summed E-state index contributed by atoms with van der Waals surface area (Å²) in [5.41, 5.74) is -1.53. The maximum atomic E-state index is 12.8. The number of guanidine groups is 1. The van der Waals surface area contributed by atoms with Crippen LogP contribution < -0.4 is 20.9 Å². The quantitative estimate of drug-likeness (QED) is 0.275. The topological polar surface area (TPSA) is 81.6 Å². The maximum Gasteiger partial charge on any atom is 0.417 e. The van der Waals surface area contributed by atoms with E-state index in [4.69, 9.17) is 11.6 Å². The lowest BCUT2D eigenvalue weighted by atomic mass is 9.93. The minimum Gasteiger partial charge on any atom is -0.359 e. The molecule has 31 heavy (non-hydrogen) atoms. The summed E-state index contributed by atoms with van der Waals surface area (Å²) in [5, 5.41) is 9.07. The number of alkyl halides is 3. The highest BCUT2D eigenvalue weighted by Gasteiger charge is 2.33. The molecule has 7 nitrogen and oxygen atoms in total. The van der Waals surface area contributed by atoms with E-state index >= 15 is 0 Å². The van der Waals surface area contributed by atoms with Gasteiger partial charge in [0.25, 0.3) is 0 Å². The van der Waals surface area contributed by atoms with Gasteiger partial charge < -0.3 is 20.9 Å². The second kappa shape index (κ2) is 11.4. The highest BCUT2D eigenvalue weighted by atomic mass is 127. The zero-order valence-corrected chi connectivity index (χ0v) is 21.0. The second-order valence-electron chi connectivity index (χ2n) is 7.76. The molecule has 1 unspecified atom stereocenters. The van der Waals surface area contributed by atoms with Gasteiger partial charge in [-0.2, -0.15) is 13.2 Å². The number of pyridine rings is 1. The first-order valence-corrected chi connectivity index (χ1v) is 10.1. The van der Waals surface area contributed by atoms with Crippen molar-refractivity contribution in [3.05, 3.63) is 22.8 Å². The summed E-state index contributed by atoms with van der Waals surface area (Å²) in [4.78, 5) is 22.2. The summed E-state index contributed by atoms with van der Waals surface area (Å²) in [6.07, 6.45) is -2.94. The molecule has 2 heterocycles. The highest BCUT2D eigenvalue weighted by Crippen LogP contribution is 2.34. The van der Waals surface area contributed by atoms with Gasteiger partial charge in [-0.25, -0.2) is 4.98 Å². The normalized spacial score (nSPS) is 17.2. The van der Waals surface area contributed by atoms with Crippen LogP contribution >= 0.6 is 35.6 Å². The predicted molar refractivity (Wildman–Crippen MR) is 127 cm³/mol. The molecular formula is C19H29ClF3IN6O. The predicted octanol–water partition coefficient (Wildman–Crippen LogP) is 3.28. The van der Waals surface area contributed by atoms with Crippen LogP contribution in [0.2, 0.25) is 5.02 Å². The lowest BCUT2D eigenvalue weighted by Gasteiger charge is -2.23. The first kappa shape index (κ1) is 27.5. The number of rotatable bonds is 6. The van der Waals surface area contributed by atoms with E-state index in [0.717, 1.165) is 18.7 Å². The molecule has 1 fully saturated rings. The molecule has 0 saturated carbocycles. The Morgan fingerprint density at radius 3 is 2.61 bits per heavy atom. The van der Waals surface area contributed by atoms with Crippen molar-refractivity contribution in [1.82, 2.24) is 20.9 Å². The number of aromatic nitrogens is 1. The monoisotopic (exact) mass is 576 g/mol. The number of halogens is 5. The zero-order chi connectivity index (χ0) is 22.5. The molecule has 3 N–H and O–H groups in total. The Bertz CT molecular complexity index is 790. The third-order valence-corrected chi connectivity index (χ3v) is 5.07. The molecule has 0 aromatic carbocycles. The van der Waals surface area contributed by atoms with Crippen molar-refractivity contribution in [3.63, 3.8) is 0 Å². The summed E-state index contributed by atoms with van der Waals surface area (Å²) < 4.78 is 38.4. The van der Waals surface area contributed by atoms with Crippen LogP contribution in [-0.4, -0.2) is 56.1 Å². The van der Waals surface area contributed by atoms with Gasteiger partial charge in [0.15, 0.2) is 5.96 Å². The summed E-state index contributed by atoms with van der Waals surface area (Å²) >= 11 is 6.06. The minimum absolute atomic E-state index is 0. The summed E-state index contributed by atoms with van der Waals surface area (Å²) in [5.74, 6) is 0.807. The molecule has 1 atom stereocenters. The van der Waals surface area contributed by atoms with Gasteiger partial charge in [-0.3, -0.25) is 9.79 Å². The molecule has 1 aliphatic rings. The van der Waals surface area contributed by atoms with E-state index in [1.54, 1.807) is 7.05 Å². The van der Waals surface area contributed by atoms with Crippen molar-refractivity contribution in [3.8, 4) is 0 Å². The van der Waals surface area contributed by atoms with E-state index in [0.29, 0.717) is 38.0 Å². The Morgan fingerprint density at radius 1 is 1.39 bits per heavy atom. The van der Waals surface area contributed by atoms with Crippen molar-refractivity contribution in [2.45, 2.75) is 39.4 Å². The summed E-state index contributed by atoms with van der Waals surface area (Å²) in [7, 11) is 1.59. The van der Waals surface area contributed by atoms with Gasteiger partial charge in [0.2, 0.25) is 5.91 Å². The lowest BCUT2D eigenvalue weighted by molar-refractivity contribution is -0.137. The minimum atomic E-state index is -4.48. The lowest BCUT2D eigenvalue weighted by Crippen LogP contribution is -2.45. The van der Waals surface area contributed by atoms with E-state index in [1.165, 1.54) is 0 Å². The van der Waals surface area contributed by atoms with E-state index in [9.17, 15) is 18.0 Å². The van der Waals surface area contributed by atoms with Crippen molar-refractivity contribution >= 4 is 53.3 Å². The zero-order valence-electron chi connectivity index (χ0n) is 17.9. The number of aliphatic imine (C=N–C) groups is 1. The molecule has 1 aromatic heterocycles. The molecule has 1 saturated heterocycles. The molecule has 12 heteroatoms. The SMILES string of the molecule is CCNC(=NCC(C)(C)C(=O)NC)NC1CCN(c2ncc(C(F)(F)F)cc2Cl)C1.I. The van der Waals surface area contributed by atoms with Gasteiger partial charge in [-0.15, -0.1) is 24.0 Å². The van der Waals surface area contributed by atoms with Crippen LogP contribution in [0.5, 0.6) is 0 Å². The number of hydrogen-bond donors (Lipinski definition) is 3. The molecule has 176 valence electrons. The van der Waals surface area contributed by atoms with Gasteiger partial charge >= 0.3 is 6.18 Å². The smallest absolute Gasteiger partial charge is 0.359 e. The van der Waals surface area contributed by atoms with Crippen LogP contribution in [0.25, 0.3) is 0 Å². The van der Waals surface area contributed by atoms with Crippen LogP contribution in [0.15, 0.2) is 17.3 Å². The molecule has 0 spiro atoms. The molecule has 1 aromatic rings. The second-order valence-corrected chi connectivity index (χ2v) is 8.17. The Morgan fingerprint density at radius 2 is 2.06 bits per heavy atom. The van der Waals surface area contributed by atoms with Crippen LogP contribution in [0, 0.1) is 5.41 Å². The third-order valence-electron chi connectivity index (χ3n) is 4.80.